The van der Waals surface area contributed by atoms with Gasteiger partial charge in [0.25, 0.3) is 11.8 Å². The average Bonchev–Trinajstić information content (AvgIpc) is 3.08. The second-order valence-electron chi connectivity index (χ2n) is 8.42. The summed E-state index contributed by atoms with van der Waals surface area (Å²) in [5.74, 6) is -0.0909. The van der Waals surface area contributed by atoms with Crippen LogP contribution in [-0.2, 0) is 9.59 Å². The first-order valence-corrected chi connectivity index (χ1v) is 10.9. The zero-order valence-corrected chi connectivity index (χ0v) is 18.7. The quantitative estimate of drug-likeness (QED) is 0.704. The number of carbonyl (C=O) groups excluding carboxylic acids is 2. The first-order chi connectivity index (χ1) is 15.5. The summed E-state index contributed by atoms with van der Waals surface area (Å²) in [6, 6.07) is 14.7. The van der Waals surface area contributed by atoms with E-state index >= 15 is 0 Å². The number of aliphatic hydroxyl groups is 1. The summed E-state index contributed by atoms with van der Waals surface area (Å²) in [6.45, 7) is 1.26. The second kappa shape index (κ2) is 9.04. The van der Waals surface area contributed by atoms with Crippen molar-refractivity contribution >= 4 is 28.8 Å². The number of likely N-dealkylation sites (tertiary alicyclic amines) is 1. The molecule has 2 aliphatic rings. The maximum Gasteiger partial charge on any atom is 0.282 e. The van der Waals surface area contributed by atoms with Gasteiger partial charge in [0.15, 0.2) is 0 Å². The monoisotopic (exact) mass is 435 g/mol. The van der Waals surface area contributed by atoms with Gasteiger partial charge in [-0.25, -0.2) is 4.90 Å². The molecule has 0 saturated carbocycles. The summed E-state index contributed by atoms with van der Waals surface area (Å²) in [7, 11) is 5.39. The highest BCUT2D eigenvalue weighted by Gasteiger charge is 2.44. The summed E-state index contributed by atoms with van der Waals surface area (Å²) in [4.78, 5) is 32.7. The van der Waals surface area contributed by atoms with Gasteiger partial charge >= 0.3 is 0 Å². The van der Waals surface area contributed by atoms with Gasteiger partial charge < -0.3 is 19.6 Å². The van der Waals surface area contributed by atoms with Crippen LogP contribution in [0.1, 0.15) is 18.4 Å². The van der Waals surface area contributed by atoms with Gasteiger partial charge in [0.1, 0.15) is 11.4 Å². The maximum atomic E-state index is 13.8. The van der Waals surface area contributed by atoms with Crippen molar-refractivity contribution in [3.8, 4) is 5.75 Å². The molecular weight excluding hydrogens is 406 g/mol. The second-order valence-corrected chi connectivity index (χ2v) is 8.42. The number of benzene rings is 2. The molecule has 0 aromatic heterocycles. The first kappa shape index (κ1) is 21.9. The number of aliphatic hydroxyl groups excluding tert-OH is 1. The smallest absolute Gasteiger partial charge is 0.282 e. The van der Waals surface area contributed by atoms with Crippen molar-refractivity contribution in [1.29, 1.82) is 0 Å². The van der Waals surface area contributed by atoms with Crippen LogP contribution in [0.5, 0.6) is 5.75 Å². The van der Waals surface area contributed by atoms with E-state index in [1.54, 1.807) is 19.2 Å². The van der Waals surface area contributed by atoms with E-state index in [9.17, 15) is 14.7 Å². The van der Waals surface area contributed by atoms with Gasteiger partial charge in [0.05, 0.1) is 18.4 Å². The Morgan fingerprint density at radius 1 is 1.09 bits per heavy atom. The maximum absolute atomic E-state index is 13.8. The molecule has 168 valence electrons. The van der Waals surface area contributed by atoms with Crippen LogP contribution in [0.3, 0.4) is 0 Å². The molecule has 0 bridgehead atoms. The highest BCUT2D eigenvalue weighted by molar-refractivity contribution is 6.45. The molecule has 1 saturated heterocycles. The fraction of sp³-hybridized carbons (Fsp3) is 0.360. The molecule has 1 fully saturated rings. The minimum Gasteiger partial charge on any atom is -0.496 e. The molecule has 2 aliphatic heterocycles. The number of amides is 2. The predicted molar refractivity (Wildman–Crippen MR) is 125 cm³/mol. The van der Waals surface area contributed by atoms with Crippen LogP contribution in [0, 0.1) is 5.92 Å². The Kier molecular flexibility index (Phi) is 6.19. The Balaban J connectivity index is 1.85. The van der Waals surface area contributed by atoms with Crippen molar-refractivity contribution in [2.75, 3.05) is 50.7 Å². The summed E-state index contributed by atoms with van der Waals surface area (Å²) in [6.07, 6.45) is 1.76. The molecule has 7 nitrogen and oxygen atoms in total. The molecule has 2 heterocycles. The van der Waals surface area contributed by atoms with E-state index in [2.05, 4.69) is 0 Å². The van der Waals surface area contributed by atoms with Gasteiger partial charge in [-0.1, -0.05) is 24.3 Å². The number of rotatable bonds is 6. The number of methoxy groups -OCH3 is 1. The fourth-order valence-electron chi connectivity index (χ4n) is 4.47. The van der Waals surface area contributed by atoms with Gasteiger partial charge in [0.2, 0.25) is 0 Å². The first-order valence-electron chi connectivity index (χ1n) is 10.9. The van der Waals surface area contributed by atoms with Gasteiger partial charge in [-0.15, -0.1) is 0 Å². The van der Waals surface area contributed by atoms with Crippen LogP contribution in [0.15, 0.2) is 54.2 Å². The molecule has 0 aliphatic carbocycles. The van der Waals surface area contributed by atoms with Crippen molar-refractivity contribution in [1.82, 2.24) is 4.90 Å². The topological polar surface area (TPSA) is 73.3 Å². The van der Waals surface area contributed by atoms with E-state index in [1.165, 1.54) is 4.90 Å². The zero-order chi connectivity index (χ0) is 22.8. The molecule has 0 radical (unpaired) electrons. The standard InChI is InChI=1S/C25H29N3O4/c1-26(2)18-9-6-10-19(14-18)28-24(30)22(20-11-4-5-12-21(20)32-3)23(25(28)31)27-13-7-8-17(15-27)16-29/h4-6,9-12,14,17,29H,7-8,13,15-16H2,1-3H3. The average molecular weight is 436 g/mol. The van der Waals surface area contributed by atoms with Crippen LogP contribution >= 0.6 is 0 Å². The van der Waals surface area contributed by atoms with Crippen LogP contribution < -0.4 is 14.5 Å². The summed E-state index contributed by atoms with van der Waals surface area (Å²) in [5.41, 5.74) is 2.76. The van der Waals surface area contributed by atoms with Crippen LogP contribution in [0.4, 0.5) is 11.4 Å². The van der Waals surface area contributed by atoms with Gasteiger partial charge in [-0.05, 0) is 43.0 Å². The number of para-hydroxylation sites is 1. The number of ether oxygens (including phenoxy) is 1. The van der Waals surface area contributed by atoms with Gasteiger partial charge in [-0.2, -0.15) is 0 Å². The van der Waals surface area contributed by atoms with Gasteiger partial charge in [0, 0.05) is 45.0 Å². The molecule has 0 spiro atoms. The van der Waals surface area contributed by atoms with Crippen molar-refractivity contribution in [3.63, 3.8) is 0 Å². The predicted octanol–water partition coefficient (Wildman–Crippen LogP) is 2.75. The van der Waals surface area contributed by atoms with Gasteiger partial charge in [-0.3, -0.25) is 9.59 Å². The Morgan fingerprint density at radius 2 is 1.88 bits per heavy atom. The van der Waals surface area contributed by atoms with E-state index in [0.717, 1.165) is 18.5 Å². The Labute approximate surface area is 188 Å². The number of anilines is 2. The van der Waals surface area contributed by atoms with Crippen molar-refractivity contribution in [3.05, 3.63) is 59.8 Å². The lowest BCUT2D eigenvalue weighted by atomic mass is 9.96. The third-order valence-corrected chi connectivity index (χ3v) is 6.13. The minimum absolute atomic E-state index is 0.0600. The number of hydrogen-bond donors (Lipinski definition) is 1. The molecule has 7 heteroatoms. The summed E-state index contributed by atoms with van der Waals surface area (Å²) in [5, 5.41) is 9.72. The molecule has 2 amide bonds. The number of nitrogens with zero attached hydrogens (tertiary/aromatic N) is 3. The number of carbonyl (C=O) groups is 2. The zero-order valence-electron chi connectivity index (χ0n) is 18.7. The van der Waals surface area contributed by atoms with E-state index in [-0.39, 0.29) is 24.3 Å². The molecule has 4 rings (SSSR count). The minimum atomic E-state index is -0.364. The Morgan fingerprint density at radius 3 is 2.59 bits per heavy atom. The lowest BCUT2D eigenvalue weighted by Crippen LogP contribution is -2.40. The lowest BCUT2D eigenvalue weighted by molar-refractivity contribution is -0.120. The largest absolute Gasteiger partial charge is 0.496 e. The number of hydrogen-bond acceptors (Lipinski definition) is 6. The van der Waals surface area contributed by atoms with Crippen LogP contribution in [0.2, 0.25) is 0 Å². The highest BCUT2D eigenvalue weighted by atomic mass is 16.5. The lowest BCUT2D eigenvalue weighted by Gasteiger charge is -2.34. The molecular formula is C25H29N3O4. The van der Waals surface area contributed by atoms with Crippen molar-refractivity contribution < 1.29 is 19.4 Å². The normalized spacial score (nSPS) is 19.1. The SMILES string of the molecule is COc1ccccc1C1=C(N2CCCC(CO)C2)C(=O)N(c2cccc(N(C)C)c2)C1=O. The molecule has 2 aromatic rings. The molecule has 1 N–H and O–H groups in total. The van der Waals surface area contributed by atoms with Crippen LogP contribution in [-0.4, -0.2) is 62.7 Å². The number of piperidine rings is 1. The third-order valence-electron chi connectivity index (χ3n) is 6.13. The highest BCUT2D eigenvalue weighted by Crippen LogP contribution is 2.39. The molecule has 2 aromatic carbocycles. The number of imide groups is 1. The summed E-state index contributed by atoms with van der Waals surface area (Å²) >= 11 is 0. The molecule has 32 heavy (non-hydrogen) atoms. The molecule has 1 atom stereocenters. The van der Waals surface area contributed by atoms with E-state index in [1.807, 2.05) is 60.3 Å². The Bertz CT molecular complexity index is 1060. The van der Waals surface area contributed by atoms with Crippen molar-refractivity contribution in [2.45, 2.75) is 12.8 Å². The van der Waals surface area contributed by atoms with E-state index < -0.39 is 0 Å². The van der Waals surface area contributed by atoms with Crippen molar-refractivity contribution in [2.24, 2.45) is 5.92 Å². The fourth-order valence-corrected chi connectivity index (χ4v) is 4.47. The molecule has 1 unspecified atom stereocenters. The van der Waals surface area contributed by atoms with E-state index in [4.69, 9.17) is 4.74 Å². The summed E-state index contributed by atoms with van der Waals surface area (Å²) < 4.78 is 5.53. The third kappa shape index (κ3) is 3.84. The van der Waals surface area contributed by atoms with Crippen LogP contribution in [0.25, 0.3) is 5.57 Å². The Hall–Kier alpha value is -3.32. The van der Waals surface area contributed by atoms with E-state index in [0.29, 0.717) is 41.4 Å².